The molecule has 0 heterocycles. The number of para-hydroxylation sites is 1. The maximum Gasteiger partial charge on any atom is 0.238 e. The van der Waals surface area contributed by atoms with E-state index in [2.05, 4.69) is 10.6 Å². The van der Waals surface area contributed by atoms with Crippen molar-refractivity contribution in [2.75, 3.05) is 11.9 Å². The fraction of sp³-hybridized carbons (Fsp3) is 0.188. The van der Waals surface area contributed by atoms with E-state index in [0.29, 0.717) is 15.7 Å². The molecule has 3 nitrogen and oxygen atoms in total. The molecule has 5 heteroatoms. The quantitative estimate of drug-likeness (QED) is 0.862. The number of hydrogen-bond donors (Lipinski definition) is 2. The molecule has 1 amide bonds. The number of halogens is 2. The summed E-state index contributed by atoms with van der Waals surface area (Å²) in [6, 6.07) is 14.7. The molecule has 0 aromatic heterocycles. The van der Waals surface area contributed by atoms with E-state index in [9.17, 15) is 4.79 Å². The van der Waals surface area contributed by atoms with Gasteiger partial charge >= 0.3 is 0 Å². The summed E-state index contributed by atoms with van der Waals surface area (Å²) in [6.07, 6.45) is 0. The number of carbonyl (C=O) groups excluding carboxylic acids is 1. The molecule has 2 rings (SSSR count). The van der Waals surface area contributed by atoms with Crippen molar-refractivity contribution in [1.82, 2.24) is 5.32 Å². The minimum absolute atomic E-state index is 0.0179. The summed E-state index contributed by atoms with van der Waals surface area (Å²) in [5, 5.41) is 7.11. The van der Waals surface area contributed by atoms with Gasteiger partial charge in [-0.2, -0.15) is 0 Å². The summed E-state index contributed by atoms with van der Waals surface area (Å²) < 4.78 is 0. The van der Waals surface area contributed by atoms with Gasteiger partial charge in [0.1, 0.15) is 0 Å². The number of carbonyl (C=O) groups is 1. The second-order valence-corrected chi connectivity index (χ2v) is 5.47. The molecule has 2 N–H and O–H groups in total. The number of hydrogen-bond acceptors (Lipinski definition) is 2. The highest BCUT2D eigenvalue weighted by molar-refractivity contribution is 6.33. The number of nitrogens with one attached hydrogen (secondary N) is 2. The lowest BCUT2D eigenvalue weighted by atomic mass is 10.1. The molecule has 1 atom stereocenters. The summed E-state index contributed by atoms with van der Waals surface area (Å²) >= 11 is 12.1. The van der Waals surface area contributed by atoms with Crippen LogP contribution in [-0.4, -0.2) is 12.5 Å². The van der Waals surface area contributed by atoms with Gasteiger partial charge in [0.15, 0.2) is 0 Å². The van der Waals surface area contributed by atoms with Gasteiger partial charge in [-0.3, -0.25) is 4.79 Å². The second kappa shape index (κ2) is 7.46. The van der Waals surface area contributed by atoms with E-state index in [1.165, 1.54) is 0 Å². The minimum atomic E-state index is -0.151. The number of amides is 1. The molecule has 0 saturated carbocycles. The summed E-state index contributed by atoms with van der Waals surface area (Å²) in [6.45, 7) is 2.14. The second-order valence-electron chi connectivity index (χ2n) is 4.65. The van der Waals surface area contributed by atoms with E-state index in [4.69, 9.17) is 23.2 Å². The van der Waals surface area contributed by atoms with Crippen LogP contribution in [0.5, 0.6) is 0 Å². The van der Waals surface area contributed by atoms with Gasteiger partial charge in [0.05, 0.1) is 17.3 Å². The van der Waals surface area contributed by atoms with Gasteiger partial charge in [0.25, 0.3) is 0 Å². The van der Waals surface area contributed by atoms with Crippen LogP contribution < -0.4 is 10.6 Å². The first-order chi connectivity index (χ1) is 10.1. The molecule has 2 aromatic rings. The summed E-state index contributed by atoms with van der Waals surface area (Å²) in [5.41, 5.74) is 1.57. The van der Waals surface area contributed by atoms with Gasteiger partial charge in [-0.25, -0.2) is 0 Å². The summed E-state index contributed by atoms with van der Waals surface area (Å²) in [5.74, 6) is -0.151. The van der Waals surface area contributed by atoms with Crippen molar-refractivity contribution in [1.29, 1.82) is 0 Å². The van der Waals surface area contributed by atoms with Crippen LogP contribution in [0.15, 0.2) is 48.5 Å². The highest BCUT2D eigenvalue weighted by atomic mass is 35.5. The molecule has 0 aliphatic heterocycles. The van der Waals surface area contributed by atoms with Crippen molar-refractivity contribution in [2.45, 2.75) is 13.0 Å². The third-order valence-electron chi connectivity index (χ3n) is 3.09. The molecular weight excluding hydrogens is 307 g/mol. The fourth-order valence-electron chi connectivity index (χ4n) is 1.94. The molecule has 0 aliphatic carbocycles. The Morgan fingerprint density at radius 2 is 1.67 bits per heavy atom. The van der Waals surface area contributed by atoms with Gasteiger partial charge in [-0.15, -0.1) is 0 Å². The molecule has 110 valence electrons. The van der Waals surface area contributed by atoms with Crippen molar-refractivity contribution in [2.24, 2.45) is 0 Å². The van der Waals surface area contributed by atoms with Gasteiger partial charge in [-0.05, 0) is 30.7 Å². The molecule has 0 aliphatic rings. The lowest BCUT2D eigenvalue weighted by Crippen LogP contribution is -2.30. The maximum atomic E-state index is 11.9. The first-order valence-corrected chi connectivity index (χ1v) is 7.35. The van der Waals surface area contributed by atoms with E-state index in [-0.39, 0.29) is 18.5 Å². The summed E-state index contributed by atoms with van der Waals surface area (Å²) in [4.78, 5) is 11.9. The van der Waals surface area contributed by atoms with Gasteiger partial charge in [-0.1, -0.05) is 53.5 Å². The van der Waals surface area contributed by atoms with Crippen molar-refractivity contribution < 1.29 is 4.79 Å². The monoisotopic (exact) mass is 322 g/mol. The first kappa shape index (κ1) is 15.8. The zero-order chi connectivity index (χ0) is 15.2. The van der Waals surface area contributed by atoms with Gasteiger partial charge in [0.2, 0.25) is 5.91 Å². The van der Waals surface area contributed by atoms with E-state index in [1.807, 2.05) is 43.3 Å². The average molecular weight is 323 g/mol. The zero-order valence-electron chi connectivity index (χ0n) is 11.6. The largest absolute Gasteiger partial charge is 0.324 e. The smallest absolute Gasteiger partial charge is 0.238 e. The fourth-order valence-corrected chi connectivity index (χ4v) is 2.42. The number of anilines is 1. The molecule has 0 saturated heterocycles. The highest BCUT2D eigenvalue weighted by Gasteiger charge is 2.11. The minimum Gasteiger partial charge on any atom is -0.324 e. The Balaban J connectivity index is 1.90. The van der Waals surface area contributed by atoms with Crippen LogP contribution in [0, 0.1) is 0 Å². The Morgan fingerprint density at radius 3 is 2.33 bits per heavy atom. The van der Waals surface area contributed by atoms with Crippen LogP contribution >= 0.6 is 23.2 Å². The first-order valence-electron chi connectivity index (χ1n) is 6.60. The Hall–Kier alpha value is -1.55. The van der Waals surface area contributed by atoms with E-state index in [1.54, 1.807) is 12.1 Å². The predicted octanol–water partition coefficient (Wildman–Crippen LogP) is 4.28. The van der Waals surface area contributed by atoms with Crippen molar-refractivity contribution in [3.05, 3.63) is 64.1 Å². The van der Waals surface area contributed by atoms with Crippen LogP contribution in [0.3, 0.4) is 0 Å². The normalized spacial score (nSPS) is 12.0. The van der Waals surface area contributed by atoms with Crippen LogP contribution in [-0.2, 0) is 4.79 Å². The van der Waals surface area contributed by atoms with E-state index in [0.717, 1.165) is 5.56 Å². The number of benzene rings is 2. The Bertz CT molecular complexity index is 631. The molecule has 0 spiro atoms. The third kappa shape index (κ3) is 4.46. The third-order valence-corrected chi connectivity index (χ3v) is 3.76. The molecule has 0 unspecified atom stereocenters. The molecule has 21 heavy (non-hydrogen) atoms. The lowest BCUT2D eigenvalue weighted by molar-refractivity contribution is -0.115. The Labute approximate surface area is 134 Å². The van der Waals surface area contributed by atoms with E-state index < -0.39 is 0 Å². The van der Waals surface area contributed by atoms with Crippen LogP contribution in [0.1, 0.15) is 18.5 Å². The molecule has 0 fully saturated rings. The standard InChI is InChI=1S/C16H16Cl2N2O/c1-11(12-6-2-3-7-13(12)17)19-10-16(21)20-15-9-5-4-8-14(15)18/h2-9,11,19H,10H2,1H3,(H,20,21)/t11-/m0/s1. The molecule has 0 radical (unpaired) electrons. The summed E-state index contributed by atoms with van der Waals surface area (Å²) in [7, 11) is 0. The van der Waals surface area contributed by atoms with E-state index >= 15 is 0 Å². The van der Waals surface area contributed by atoms with Crippen LogP contribution in [0.4, 0.5) is 5.69 Å². The Kier molecular flexibility index (Phi) is 5.62. The molecular formula is C16H16Cl2N2O. The Morgan fingerprint density at radius 1 is 1.05 bits per heavy atom. The highest BCUT2D eigenvalue weighted by Crippen LogP contribution is 2.22. The maximum absolute atomic E-state index is 11.9. The molecule has 2 aromatic carbocycles. The van der Waals surface area contributed by atoms with Crippen LogP contribution in [0.25, 0.3) is 0 Å². The van der Waals surface area contributed by atoms with Crippen molar-refractivity contribution >= 4 is 34.8 Å². The lowest BCUT2D eigenvalue weighted by Gasteiger charge is -2.15. The average Bonchev–Trinajstić information content (AvgIpc) is 2.48. The topological polar surface area (TPSA) is 41.1 Å². The van der Waals surface area contributed by atoms with Crippen LogP contribution in [0.2, 0.25) is 10.0 Å². The van der Waals surface area contributed by atoms with Crippen molar-refractivity contribution in [3.63, 3.8) is 0 Å². The van der Waals surface area contributed by atoms with Gasteiger partial charge in [0, 0.05) is 11.1 Å². The predicted molar refractivity (Wildman–Crippen MR) is 88.0 cm³/mol. The number of rotatable bonds is 5. The van der Waals surface area contributed by atoms with Crippen molar-refractivity contribution in [3.8, 4) is 0 Å². The van der Waals surface area contributed by atoms with Gasteiger partial charge < -0.3 is 10.6 Å². The zero-order valence-corrected chi connectivity index (χ0v) is 13.1. The molecule has 0 bridgehead atoms. The SMILES string of the molecule is C[C@H](NCC(=O)Nc1ccccc1Cl)c1ccccc1Cl.